The quantitative estimate of drug-likeness (QED) is 0.116. The average molecular weight is 965 g/mol. The van der Waals surface area contributed by atoms with Crippen LogP contribution in [0.3, 0.4) is 0 Å². The highest BCUT2D eigenvalue weighted by molar-refractivity contribution is 9.10. The molecule has 0 saturated carbocycles. The highest BCUT2D eigenvalue weighted by Gasteiger charge is 2.38. The van der Waals surface area contributed by atoms with Crippen LogP contribution in [0.4, 0.5) is 26.3 Å². The van der Waals surface area contributed by atoms with Gasteiger partial charge in [-0.15, -0.1) is 21.8 Å². The van der Waals surface area contributed by atoms with Crippen LogP contribution in [0.5, 0.6) is 17.2 Å². The lowest BCUT2D eigenvalue weighted by Gasteiger charge is -2.16. The van der Waals surface area contributed by atoms with Crippen LogP contribution in [0.15, 0.2) is 111 Å². The van der Waals surface area contributed by atoms with Gasteiger partial charge in [0.1, 0.15) is 29.5 Å². The third-order valence-corrected chi connectivity index (χ3v) is 9.57. The van der Waals surface area contributed by atoms with Crippen LogP contribution in [0, 0.1) is 22.7 Å². The lowest BCUT2D eigenvalue weighted by Crippen LogP contribution is -2.19. The maximum absolute atomic E-state index is 13.3. The third kappa shape index (κ3) is 12.3. The number of nitrogens with zero attached hydrogens (tertiary/aromatic N) is 5. The first-order valence-electron chi connectivity index (χ1n) is 16.5. The standard InChI is InChI=1S/C20H13BrF3N3O2.C12H5BrF3N3O.C8H9ClO/c1-28-15-8-4-13(5-9-15)11-29-18-16(21)19(20(22,23)24)27-26-17(18)14-6-2-12(10-25)3-7-14;13-8-10(20)9(18-19-11(8)12(14,15)16)7-3-1-6(5-17)2-4-7;1-10-8-4-2-7(6-9)3-5-8/h2-9H,11H2,1H3;1-4H,(H,19,20);2-5H,6H2,1H3. The van der Waals surface area contributed by atoms with Gasteiger partial charge in [0.15, 0.2) is 17.1 Å². The summed E-state index contributed by atoms with van der Waals surface area (Å²) in [7, 11) is 3.18. The first-order valence-corrected chi connectivity index (χ1v) is 18.6. The molecule has 2 heterocycles. The fraction of sp³-hybridized carbons (Fsp3) is 0.150. The summed E-state index contributed by atoms with van der Waals surface area (Å²) in [6, 6.07) is 30.5. The molecule has 0 bridgehead atoms. The predicted octanol–water partition coefficient (Wildman–Crippen LogP) is 10.9. The minimum absolute atomic E-state index is 0.00879. The molecule has 304 valence electrons. The summed E-state index contributed by atoms with van der Waals surface area (Å²) in [6.45, 7) is 0.00879. The molecular formula is C40H27Br2ClF6N6O4. The van der Waals surface area contributed by atoms with E-state index in [9.17, 15) is 31.1 Å². The fourth-order valence-electron chi connectivity index (χ4n) is 4.71. The van der Waals surface area contributed by atoms with Gasteiger partial charge in [-0.05, 0) is 91.5 Å². The zero-order valence-corrected chi connectivity index (χ0v) is 34.4. The van der Waals surface area contributed by atoms with Crippen LogP contribution in [0.1, 0.15) is 33.6 Å². The highest BCUT2D eigenvalue weighted by atomic mass is 79.9. The van der Waals surface area contributed by atoms with Crippen LogP contribution in [0.25, 0.3) is 22.5 Å². The van der Waals surface area contributed by atoms with Gasteiger partial charge in [0, 0.05) is 17.0 Å². The number of benzene rings is 4. The molecule has 0 aliphatic heterocycles. The molecule has 0 fully saturated rings. The van der Waals surface area contributed by atoms with Crippen molar-refractivity contribution in [2.24, 2.45) is 0 Å². The van der Waals surface area contributed by atoms with Crippen molar-refractivity contribution in [1.29, 1.82) is 10.5 Å². The fourth-order valence-corrected chi connectivity index (χ4v) is 6.00. The Balaban J connectivity index is 0.000000220. The van der Waals surface area contributed by atoms with Crippen molar-refractivity contribution in [2.75, 3.05) is 14.2 Å². The van der Waals surface area contributed by atoms with Crippen LogP contribution >= 0.6 is 43.5 Å². The predicted molar refractivity (Wildman–Crippen MR) is 212 cm³/mol. The normalized spacial score (nSPS) is 10.8. The second-order valence-electron chi connectivity index (χ2n) is 11.6. The molecule has 19 heteroatoms. The second kappa shape index (κ2) is 20.6. The van der Waals surface area contributed by atoms with E-state index < -0.39 is 33.6 Å². The number of nitriles is 2. The summed E-state index contributed by atoms with van der Waals surface area (Å²) in [5, 5.41) is 29.9. The van der Waals surface area contributed by atoms with E-state index in [4.69, 9.17) is 36.3 Å². The first-order chi connectivity index (χ1) is 28.0. The Morgan fingerprint density at radius 1 is 0.678 bits per heavy atom. The number of nitrogens with one attached hydrogen (secondary N) is 1. The highest BCUT2D eigenvalue weighted by Crippen LogP contribution is 2.42. The Bertz CT molecular complexity index is 2470. The van der Waals surface area contributed by atoms with Crippen molar-refractivity contribution in [2.45, 2.75) is 24.8 Å². The summed E-state index contributed by atoms with van der Waals surface area (Å²) < 4.78 is 92.4. The summed E-state index contributed by atoms with van der Waals surface area (Å²) in [5.41, 5.74) is 0.0914. The molecule has 0 spiro atoms. The van der Waals surface area contributed by atoms with Gasteiger partial charge in [-0.2, -0.15) is 42.0 Å². The van der Waals surface area contributed by atoms with Gasteiger partial charge >= 0.3 is 12.4 Å². The molecule has 0 unspecified atom stereocenters. The lowest BCUT2D eigenvalue weighted by molar-refractivity contribution is -0.143. The number of hydrogen-bond donors (Lipinski definition) is 1. The number of ether oxygens (including phenoxy) is 3. The minimum Gasteiger partial charge on any atom is -0.497 e. The molecule has 0 aliphatic carbocycles. The Morgan fingerprint density at radius 3 is 1.58 bits per heavy atom. The van der Waals surface area contributed by atoms with E-state index in [0.29, 0.717) is 33.9 Å². The van der Waals surface area contributed by atoms with Gasteiger partial charge < -0.3 is 14.2 Å². The minimum atomic E-state index is -4.70. The first kappa shape index (κ1) is 45.7. The number of rotatable bonds is 8. The number of aromatic amines is 1. The Kier molecular flexibility index (Phi) is 16.0. The molecule has 59 heavy (non-hydrogen) atoms. The van der Waals surface area contributed by atoms with Gasteiger partial charge in [0.2, 0.25) is 5.43 Å². The maximum atomic E-state index is 13.3. The monoisotopic (exact) mass is 962 g/mol. The molecule has 1 N–H and O–H groups in total. The number of hydrogen-bond acceptors (Lipinski definition) is 9. The summed E-state index contributed by atoms with van der Waals surface area (Å²) >= 11 is 11.2. The van der Waals surface area contributed by atoms with Crippen LogP contribution < -0.4 is 19.6 Å². The molecule has 6 aromatic rings. The smallest absolute Gasteiger partial charge is 0.436 e. The van der Waals surface area contributed by atoms with Crippen LogP contribution in [-0.2, 0) is 24.8 Å². The summed E-state index contributed by atoms with van der Waals surface area (Å²) in [5.74, 6) is 1.99. The van der Waals surface area contributed by atoms with Crippen LogP contribution in [0.2, 0.25) is 0 Å². The van der Waals surface area contributed by atoms with Crippen molar-refractivity contribution in [3.63, 3.8) is 0 Å². The van der Waals surface area contributed by atoms with E-state index in [1.165, 1.54) is 43.5 Å². The molecule has 0 radical (unpaired) electrons. The zero-order chi connectivity index (χ0) is 43.3. The van der Waals surface area contributed by atoms with E-state index >= 15 is 0 Å². The molecule has 6 rings (SSSR count). The van der Waals surface area contributed by atoms with E-state index in [1.54, 1.807) is 43.5 Å². The molecule has 0 atom stereocenters. The Labute approximate surface area is 354 Å². The third-order valence-electron chi connectivity index (χ3n) is 7.77. The van der Waals surface area contributed by atoms with Crippen molar-refractivity contribution in [1.82, 2.24) is 20.4 Å². The summed E-state index contributed by atoms with van der Waals surface area (Å²) in [4.78, 5) is 11.9. The second-order valence-corrected chi connectivity index (χ2v) is 13.5. The van der Waals surface area contributed by atoms with Gasteiger partial charge in [0.05, 0.1) is 46.4 Å². The van der Waals surface area contributed by atoms with Gasteiger partial charge in [-0.1, -0.05) is 48.5 Å². The molecule has 0 saturated heterocycles. The number of H-pyrrole nitrogens is 1. The van der Waals surface area contributed by atoms with Gasteiger partial charge in [-0.25, -0.2) is 0 Å². The van der Waals surface area contributed by atoms with Crippen molar-refractivity contribution in [3.8, 4) is 51.9 Å². The van der Waals surface area contributed by atoms with Crippen molar-refractivity contribution < 1.29 is 40.6 Å². The number of alkyl halides is 7. The molecule has 0 aliphatic rings. The van der Waals surface area contributed by atoms with Gasteiger partial charge in [0.25, 0.3) is 0 Å². The topological polar surface area (TPSA) is 147 Å². The number of methoxy groups -OCH3 is 2. The summed E-state index contributed by atoms with van der Waals surface area (Å²) in [6.07, 6.45) is -9.40. The molecule has 4 aromatic carbocycles. The van der Waals surface area contributed by atoms with E-state index in [2.05, 4.69) is 47.2 Å². The van der Waals surface area contributed by atoms with E-state index in [1.807, 2.05) is 41.5 Å². The van der Waals surface area contributed by atoms with Crippen molar-refractivity contribution >= 4 is 43.5 Å². The molecule has 2 aromatic heterocycles. The Hall–Kier alpha value is -5.95. The molecular weight excluding hydrogens is 938 g/mol. The molecule has 10 nitrogen and oxygen atoms in total. The largest absolute Gasteiger partial charge is 0.497 e. The van der Waals surface area contributed by atoms with E-state index in [0.717, 1.165) is 16.9 Å². The van der Waals surface area contributed by atoms with Crippen molar-refractivity contribution in [3.05, 3.63) is 150 Å². The average Bonchev–Trinajstić information content (AvgIpc) is 3.24. The maximum Gasteiger partial charge on any atom is 0.436 e. The lowest BCUT2D eigenvalue weighted by atomic mass is 10.1. The number of aromatic nitrogens is 4. The van der Waals surface area contributed by atoms with Gasteiger partial charge in [-0.3, -0.25) is 9.89 Å². The van der Waals surface area contributed by atoms with Crippen LogP contribution in [-0.4, -0.2) is 34.6 Å². The molecule has 0 amide bonds. The Morgan fingerprint density at radius 2 is 1.15 bits per heavy atom. The van der Waals surface area contributed by atoms with E-state index in [-0.39, 0.29) is 28.2 Å². The zero-order valence-electron chi connectivity index (χ0n) is 30.4. The number of halogens is 9. The SMILES string of the molecule is COc1ccc(CCl)cc1.COc1ccc(COc2c(-c3ccc(C#N)cc3)nnc(C(F)(F)F)c2Br)cc1.N#Cc1ccc(-c2n[nH]c(C(F)(F)F)c(Br)c2=O)cc1.